The topological polar surface area (TPSA) is 73.1 Å². The fourth-order valence-corrected chi connectivity index (χ4v) is 1.64. The van der Waals surface area contributed by atoms with Crippen molar-refractivity contribution >= 4 is 22.4 Å². The Balaban J connectivity index is 2.79. The molecule has 0 amide bonds. The van der Waals surface area contributed by atoms with Crippen LogP contribution in [-0.2, 0) is 0 Å². The van der Waals surface area contributed by atoms with Gasteiger partial charge in [-0.2, -0.15) is 4.98 Å². The second-order valence-electron chi connectivity index (χ2n) is 3.46. The van der Waals surface area contributed by atoms with Crippen molar-refractivity contribution in [2.45, 2.75) is 6.92 Å². The van der Waals surface area contributed by atoms with Crippen LogP contribution in [0.1, 0.15) is 5.69 Å². The van der Waals surface area contributed by atoms with Crippen molar-refractivity contribution < 1.29 is 4.74 Å². The van der Waals surface area contributed by atoms with Crippen molar-refractivity contribution in [2.24, 2.45) is 0 Å². The van der Waals surface area contributed by atoms with Crippen molar-refractivity contribution in [1.82, 2.24) is 9.97 Å². The Morgan fingerprint density at radius 1 is 1.31 bits per heavy atom. The average molecular weight is 218 g/mol. The fraction of sp³-hybridized carbons (Fsp3) is 0.273. The van der Waals surface area contributed by atoms with E-state index in [2.05, 4.69) is 15.3 Å². The van der Waals surface area contributed by atoms with Crippen LogP contribution in [0.25, 0.3) is 11.0 Å². The largest absolute Gasteiger partial charge is 0.481 e. The summed E-state index contributed by atoms with van der Waals surface area (Å²) in [7, 11) is 3.41. The Hall–Kier alpha value is -2.04. The molecule has 2 aromatic heterocycles. The van der Waals surface area contributed by atoms with Gasteiger partial charge in [0.1, 0.15) is 0 Å². The van der Waals surface area contributed by atoms with Gasteiger partial charge in [-0.25, -0.2) is 4.98 Å². The van der Waals surface area contributed by atoms with Gasteiger partial charge >= 0.3 is 0 Å². The summed E-state index contributed by atoms with van der Waals surface area (Å²) in [6.45, 7) is 1.86. The van der Waals surface area contributed by atoms with E-state index < -0.39 is 0 Å². The van der Waals surface area contributed by atoms with Crippen LogP contribution in [-0.4, -0.2) is 24.1 Å². The summed E-state index contributed by atoms with van der Waals surface area (Å²) in [5.74, 6) is 0.547. The number of hydrogen-bond donors (Lipinski definition) is 2. The number of methoxy groups -OCH3 is 1. The van der Waals surface area contributed by atoms with Gasteiger partial charge in [-0.1, -0.05) is 0 Å². The zero-order valence-electron chi connectivity index (χ0n) is 9.53. The molecule has 0 unspecified atom stereocenters. The number of nitrogens with two attached hydrogens (primary N) is 1. The Kier molecular flexibility index (Phi) is 2.52. The Morgan fingerprint density at radius 3 is 2.69 bits per heavy atom. The minimum atomic E-state index is 0.547. The van der Waals surface area contributed by atoms with E-state index in [1.807, 2.05) is 20.0 Å². The molecule has 0 aliphatic carbocycles. The van der Waals surface area contributed by atoms with Crippen molar-refractivity contribution in [1.29, 1.82) is 0 Å². The van der Waals surface area contributed by atoms with E-state index in [9.17, 15) is 0 Å². The number of rotatable bonds is 2. The number of ether oxygens (including phenoxy) is 1. The van der Waals surface area contributed by atoms with Crippen LogP contribution in [0.3, 0.4) is 0 Å². The summed E-state index contributed by atoms with van der Waals surface area (Å²) in [6.07, 6.45) is 0. The molecule has 0 saturated heterocycles. The van der Waals surface area contributed by atoms with Crippen LogP contribution in [0.15, 0.2) is 12.1 Å². The van der Waals surface area contributed by atoms with Crippen molar-refractivity contribution in [2.75, 3.05) is 25.2 Å². The van der Waals surface area contributed by atoms with Crippen LogP contribution < -0.4 is 15.8 Å². The van der Waals surface area contributed by atoms with E-state index in [0.29, 0.717) is 17.2 Å². The third-order valence-corrected chi connectivity index (χ3v) is 2.51. The number of anilines is 2. The third-order valence-electron chi connectivity index (χ3n) is 2.51. The van der Waals surface area contributed by atoms with Crippen LogP contribution in [0, 0.1) is 6.92 Å². The van der Waals surface area contributed by atoms with Crippen LogP contribution in [0.4, 0.5) is 11.4 Å². The van der Waals surface area contributed by atoms with Gasteiger partial charge in [0.25, 0.3) is 0 Å². The van der Waals surface area contributed by atoms with Crippen molar-refractivity contribution in [3.05, 3.63) is 17.8 Å². The van der Waals surface area contributed by atoms with Crippen LogP contribution in [0.2, 0.25) is 0 Å². The molecule has 16 heavy (non-hydrogen) atoms. The number of aryl methyl sites for hydroxylation is 1. The molecule has 0 aromatic carbocycles. The second-order valence-corrected chi connectivity index (χ2v) is 3.46. The molecule has 0 spiro atoms. The van der Waals surface area contributed by atoms with E-state index in [1.54, 1.807) is 13.2 Å². The fourth-order valence-electron chi connectivity index (χ4n) is 1.64. The zero-order valence-corrected chi connectivity index (χ0v) is 9.53. The maximum atomic E-state index is 5.95. The van der Waals surface area contributed by atoms with Gasteiger partial charge in [0, 0.05) is 18.5 Å². The number of fused-ring (bicyclic) bond motifs is 1. The van der Waals surface area contributed by atoms with Gasteiger partial charge in [0.15, 0.2) is 5.65 Å². The highest BCUT2D eigenvalue weighted by Gasteiger charge is 2.10. The van der Waals surface area contributed by atoms with Gasteiger partial charge in [-0.05, 0) is 13.0 Å². The van der Waals surface area contributed by atoms with Crippen LogP contribution in [0.5, 0.6) is 5.88 Å². The average Bonchev–Trinajstić information content (AvgIpc) is 2.30. The molecule has 5 heteroatoms. The first kappa shape index (κ1) is 10.5. The summed E-state index contributed by atoms with van der Waals surface area (Å²) in [6, 6.07) is 3.69. The molecular weight excluding hydrogens is 204 g/mol. The van der Waals surface area contributed by atoms with Crippen molar-refractivity contribution in [3.63, 3.8) is 0 Å². The normalized spacial score (nSPS) is 10.4. The number of nitrogen functional groups attached to an aromatic ring is 1. The lowest BCUT2D eigenvalue weighted by atomic mass is 10.2. The minimum Gasteiger partial charge on any atom is -0.481 e. The molecule has 0 aliphatic rings. The monoisotopic (exact) mass is 218 g/mol. The standard InChI is InChI=1S/C11H14N4O/c1-6-9(12)10(13-2)7-4-5-8(16-3)15-11(7)14-6/h4-5H,12H2,1-3H3,(H,13,14,15). The number of aromatic nitrogens is 2. The lowest BCUT2D eigenvalue weighted by molar-refractivity contribution is 0.399. The minimum absolute atomic E-state index is 0.547. The number of nitrogens with zero attached hydrogens (tertiary/aromatic N) is 2. The Labute approximate surface area is 93.7 Å². The van der Waals surface area contributed by atoms with Crippen molar-refractivity contribution in [3.8, 4) is 5.88 Å². The summed E-state index contributed by atoms with van der Waals surface area (Å²) in [5, 5.41) is 3.97. The first-order valence-corrected chi connectivity index (χ1v) is 4.96. The molecule has 0 radical (unpaired) electrons. The van der Waals surface area contributed by atoms with E-state index in [-0.39, 0.29) is 0 Å². The maximum Gasteiger partial charge on any atom is 0.215 e. The Bertz CT molecular complexity index is 539. The van der Waals surface area contributed by atoms with E-state index in [4.69, 9.17) is 10.5 Å². The molecule has 0 saturated carbocycles. The number of hydrogen-bond acceptors (Lipinski definition) is 5. The molecule has 2 heterocycles. The highest BCUT2D eigenvalue weighted by molar-refractivity contribution is 5.96. The molecular formula is C11H14N4O. The van der Waals surface area contributed by atoms with Gasteiger partial charge in [0.2, 0.25) is 5.88 Å². The SMILES string of the molecule is CNc1c(N)c(C)nc2nc(OC)ccc12. The lowest BCUT2D eigenvalue weighted by Crippen LogP contribution is -2.02. The molecule has 84 valence electrons. The molecule has 3 N–H and O–H groups in total. The molecule has 2 rings (SSSR count). The summed E-state index contributed by atoms with van der Waals surface area (Å²) < 4.78 is 5.06. The number of nitrogens with one attached hydrogen (secondary N) is 1. The van der Waals surface area contributed by atoms with Gasteiger partial charge < -0.3 is 15.8 Å². The second kappa shape index (κ2) is 3.84. The first-order chi connectivity index (χ1) is 7.67. The Morgan fingerprint density at radius 2 is 2.06 bits per heavy atom. The first-order valence-electron chi connectivity index (χ1n) is 4.96. The molecule has 2 aromatic rings. The predicted molar refractivity (Wildman–Crippen MR) is 64.8 cm³/mol. The molecule has 0 fully saturated rings. The van der Waals surface area contributed by atoms with Gasteiger partial charge in [-0.3, -0.25) is 0 Å². The summed E-state index contributed by atoms with van der Waals surface area (Å²) in [4.78, 5) is 8.61. The summed E-state index contributed by atoms with van der Waals surface area (Å²) in [5.41, 5.74) is 8.86. The van der Waals surface area contributed by atoms with Gasteiger partial charge in [-0.15, -0.1) is 0 Å². The quantitative estimate of drug-likeness (QED) is 0.800. The number of pyridine rings is 2. The smallest absolute Gasteiger partial charge is 0.215 e. The highest BCUT2D eigenvalue weighted by Crippen LogP contribution is 2.30. The molecule has 0 aliphatic heterocycles. The van der Waals surface area contributed by atoms with E-state index in [0.717, 1.165) is 16.8 Å². The lowest BCUT2D eigenvalue weighted by Gasteiger charge is -2.11. The van der Waals surface area contributed by atoms with Gasteiger partial charge in [0.05, 0.1) is 24.2 Å². The molecule has 5 nitrogen and oxygen atoms in total. The van der Waals surface area contributed by atoms with Crippen LogP contribution >= 0.6 is 0 Å². The maximum absolute atomic E-state index is 5.95. The van der Waals surface area contributed by atoms with E-state index in [1.165, 1.54) is 0 Å². The summed E-state index contributed by atoms with van der Waals surface area (Å²) >= 11 is 0. The zero-order chi connectivity index (χ0) is 11.7. The van der Waals surface area contributed by atoms with E-state index >= 15 is 0 Å². The highest BCUT2D eigenvalue weighted by atomic mass is 16.5. The third kappa shape index (κ3) is 1.50. The molecule has 0 bridgehead atoms. The molecule has 0 atom stereocenters. The predicted octanol–water partition coefficient (Wildman–Crippen LogP) is 1.57.